The SMILES string of the molecule is NC(c1cc(F)ccc1F)C1CCCNC1. The average Bonchev–Trinajstić information content (AvgIpc) is 2.32. The van der Waals surface area contributed by atoms with Gasteiger partial charge in [0.2, 0.25) is 0 Å². The zero-order valence-corrected chi connectivity index (χ0v) is 9.05. The van der Waals surface area contributed by atoms with Gasteiger partial charge in [-0.2, -0.15) is 0 Å². The minimum Gasteiger partial charge on any atom is -0.324 e. The van der Waals surface area contributed by atoms with E-state index in [1.54, 1.807) is 0 Å². The van der Waals surface area contributed by atoms with Crippen LogP contribution in [0, 0.1) is 17.6 Å². The van der Waals surface area contributed by atoms with Crippen molar-refractivity contribution in [2.45, 2.75) is 18.9 Å². The number of benzene rings is 1. The Morgan fingerprint density at radius 1 is 1.38 bits per heavy atom. The highest BCUT2D eigenvalue weighted by Crippen LogP contribution is 2.27. The van der Waals surface area contributed by atoms with E-state index in [2.05, 4.69) is 5.32 Å². The van der Waals surface area contributed by atoms with Crippen LogP contribution in [0.3, 0.4) is 0 Å². The van der Waals surface area contributed by atoms with Crippen molar-refractivity contribution in [1.82, 2.24) is 5.32 Å². The fourth-order valence-electron chi connectivity index (χ4n) is 2.21. The summed E-state index contributed by atoms with van der Waals surface area (Å²) in [6.07, 6.45) is 2.00. The predicted molar refractivity (Wildman–Crippen MR) is 58.9 cm³/mol. The second kappa shape index (κ2) is 4.89. The molecule has 0 amide bonds. The standard InChI is InChI=1S/C12H16F2N2/c13-9-3-4-11(14)10(6-9)12(15)8-2-1-5-16-7-8/h3-4,6,8,12,16H,1-2,5,7,15H2. The summed E-state index contributed by atoms with van der Waals surface area (Å²) in [6.45, 7) is 1.76. The molecule has 0 saturated carbocycles. The summed E-state index contributed by atoms with van der Waals surface area (Å²) < 4.78 is 26.5. The molecule has 3 N–H and O–H groups in total. The van der Waals surface area contributed by atoms with Gasteiger partial charge in [-0.3, -0.25) is 0 Å². The molecule has 2 atom stereocenters. The molecule has 0 aromatic heterocycles. The molecule has 2 unspecified atom stereocenters. The quantitative estimate of drug-likeness (QED) is 0.809. The molecule has 1 aliphatic heterocycles. The van der Waals surface area contributed by atoms with Crippen LogP contribution in [-0.4, -0.2) is 13.1 Å². The summed E-state index contributed by atoms with van der Waals surface area (Å²) in [7, 11) is 0. The number of nitrogens with two attached hydrogens (primary N) is 1. The highest BCUT2D eigenvalue weighted by atomic mass is 19.1. The number of piperidine rings is 1. The maximum atomic E-state index is 13.5. The molecule has 1 aromatic rings. The maximum absolute atomic E-state index is 13.5. The van der Waals surface area contributed by atoms with E-state index in [-0.39, 0.29) is 11.5 Å². The summed E-state index contributed by atoms with van der Waals surface area (Å²) in [6, 6.07) is 3.03. The molecule has 1 heterocycles. The molecule has 88 valence electrons. The van der Waals surface area contributed by atoms with Crippen LogP contribution in [0.5, 0.6) is 0 Å². The molecule has 0 radical (unpaired) electrons. The van der Waals surface area contributed by atoms with Crippen LogP contribution in [0.1, 0.15) is 24.4 Å². The van der Waals surface area contributed by atoms with E-state index in [1.165, 1.54) is 6.07 Å². The Hall–Kier alpha value is -1.00. The van der Waals surface area contributed by atoms with Crippen LogP contribution >= 0.6 is 0 Å². The lowest BCUT2D eigenvalue weighted by Gasteiger charge is -2.28. The maximum Gasteiger partial charge on any atom is 0.128 e. The van der Waals surface area contributed by atoms with Gasteiger partial charge < -0.3 is 11.1 Å². The summed E-state index contributed by atoms with van der Waals surface area (Å²) in [5.74, 6) is -0.667. The number of hydrogen-bond acceptors (Lipinski definition) is 2. The topological polar surface area (TPSA) is 38.0 Å². The van der Waals surface area contributed by atoms with Crippen LogP contribution in [-0.2, 0) is 0 Å². The Bertz CT molecular complexity index is 362. The molecular formula is C12H16F2N2. The van der Waals surface area contributed by atoms with Gasteiger partial charge in [-0.25, -0.2) is 8.78 Å². The van der Waals surface area contributed by atoms with Gasteiger partial charge in [0, 0.05) is 11.6 Å². The lowest BCUT2D eigenvalue weighted by molar-refractivity contribution is 0.320. The Morgan fingerprint density at radius 2 is 2.19 bits per heavy atom. The Balaban J connectivity index is 2.18. The monoisotopic (exact) mass is 226 g/mol. The van der Waals surface area contributed by atoms with Crippen LogP contribution in [0.4, 0.5) is 8.78 Å². The fraction of sp³-hybridized carbons (Fsp3) is 0.500. The predicted octanol–water partition coefficient (Wildman–Crippen LogP) is 1.96. The van der Waals surface area contributed by atoms with Crippen LogP contribution in [0.2, 0.25) is 0 Å². The van der Waals surface area contributed by atoms with Gasteiger partial charge in [0.05, 0.1) is 0 Å². The van der Waals surface area contributed by atoms with Crippen molar-refractivity contribution < 1.29 is 8.78 Å². The van der Waals surface area contributed by atoms with Crippen molar-refractivity contribution in [3.8, 4) is 0 Å². The van der Waals surface area contributed by atoms with E-state index < -0.39 is 17.7 Å². The fourth-order valence-corrected chi connectivity index (χ4v) is 2.21. The van der Waals surface area contributed by atoms with Crippen molar-refractivity contribution in [3.63, 3.8) is 0 Å². The molecule has 16 heavy (non-hydrogen) atoms. The van der Waals surface area contributed by atoms with Crippen molar-refractivity contribution >= 4 is 0 Å². The van der Waals surface area contributed by atoms with Crippen LogP contribution < -0.4 is 11.1 Å². The van der Waals surface area contributed by atoms with Crippen LogP contribution in [0.25, 0.3) is 0 Å². The third-order valence-corrected chi connectivity index (χ3v) is 3.16. The van der Waals surface area contributed by atoms with Crippen molar-refractivity contribution in [2.75, 3.05) is 13.1 Å². The van der Waals surface area contributed by atoms with Gasteiger partial charge in [0.1, 0.15) is 11.6 Å². The van der Waals surface area contributed by atoms with E-state index in [9.17, 15) is 8.78 Å². The third-order valence-electron chi connectivity index (χ3n) is 3.16. The second-order valence-corrected chi connectivity index (χ2v) is 4.30. The molecule has 1 saturated heterocycles. The molecular weight excluding hydrogens is 210 g/mol. The molecule has 4 heteroatoms. The van der Waals surface area contributed by atoms with E-state index in [0.29, 0.717) is 0 Å². The Kier molecular flexibility index (Phi) is 3.51. The minimum absolute atomic E-state index is 0.185. The van der Waals surface area contributed by atoms with Gasteiger partial charge >= 0.3 is 0 Å². The van der Waals surface area contributed by atoms with Gasteiger partial charge in [-0.1, -0.05) is 0 Å². The lowest BCUT2D eigenvalue weighted by Crippen LogP contribution is -2.36. The smallest absolute Gasteiger partial charge is 0.128 e. The molecule has 0 bridgehead atoms. The molecule has 0 spiro atoms. The van der Waals surface area contributed by atoms with Crippen molar-refractivity contribution in [1.29, 1.82) is 0 Å². The van der Waals surface area contributed by atoms with Gasteiger partial charge in [0.25, 0.3) is 0 Å². The number of nitrogens with one attached hydrogen (secondary N) is 1. The molecule has 1 fully saturated rings. The van der Waals surface area contributed by atoms with Gasteiger partial charge in [-0.05, 0) is 50.0 Å². The Labute approximate surface area is 93.8 Å². The highest BCUT2D eigenvalue weighted by Gasteiger charge is 2.24. The summed E-state index contributed by atoms with van der Waals surface area (Å²) >= 11 is 0. The first-order valence-corrected chi connectivity index (χ1v) is 5.59. The van der Waals surface area contributed by atoms with Gasteiger partial charge in [-0.15, -0.1) is 0 Å². The van der Waals surface area contributed by atoms with E-state index in [4.69, 9.17) is 5.73 Å². The number of halogens is 2. The van der Waals surface area contributed by atoms with Crippen molar-refractivity contribution in [3.05, 3.63) is 35.4 Å². The van der Waals surface area contributed by atoms with E-state index >= 15 is 0 Å². The first-order chi connectivity index (χ1) is 7.68. The molecule has 0 aliphatic carbocycles. The lowest BCUT2D eigenvalue weighted by atomic mass is 9.87. The molecule has 2 rings (SSSR count). The first-order valence-electron chi connectivity index (χ1n) is 5.59. The Morgan fingerprint density at radius 3 is 2.88 bits per heavy atom. The average molecular weight is 226 g/mol. The summed E-state index contributed by atoms with van der Waals surface area (Å²) in [4.78, 5) is 0. The minimum atomic E-state index is -0.435. The highest BCUT2D eigenvalue weighted by molar-refractivity contribution is 5.22. The summed E-state index contributed by atoms with van der Waals surface area (Å²) in [5.41, 5.74) is 6.28. The van der Waals surface area contributed by atoms with Gasteiger partial charge in [0.15, 0.2) is 0 Å². The largest absolute Gasteiger partial charge is 0.324 e. The first kappa shape index (κ1) is 11.5. The summed E-state index contributed by atoms with van der Waals surface area (Å²) in [5, 5.41) is 3.22. The molecule has 2 nitrogen and oxygen atoms in total. The molecule has 1 aliphatic rings. The zero-order valence-electron chi connectivity index (χ0n) is 9.05. The van der Waals surface area contributed by atoms with Crippen LogP contribution in [0.15, 0.2) is 18.2 Å². The van der Waals surface area contributed by atoms with E-state index in [1.807, 2.05) is 0 Å². The van der Waals surface area contributed by atoms with E-state index in [0.717, 1.165) is 38.1 Å². The number of hydrogen-bond donors (Lipinski definition) is 2. The second-order valence-electron chi connectivity index (χ2n) is 4.30. The zero-order chi connectivity index (χ0) is 11.5. The normalized spacial score (nSPS) is 23.1. The van der Waals surface area contributed by atoms with Crippen molar-refractivity contribution in [2.24, 2.45) is 11.7 Å². The third kappa shape index (κ3) is 2.39. The molecule has 1 aromatic carbocycles. The number of rotatable bonds is 2.